The van der Waals surface area contributed by atoms with E-state index in [2.05, 4.69) is 30.2 Å². The highest BCUT2D eigenvalue weighted by Gasteiger charge is 2.29. The third-order valence-corrected chi connectivity index (χ3v) is 4.40. The van der Waals surface area contributed by atoms with Gasteiger partial charge < -0.3 is 5.09 Å². The maximum absolute atomic E-state index is 13.1. The van der Waals surface area contributed by atoms with Crippen LogP contribution in [0, 0.1) is 0 Å². The Hall–Kier alpha value is -2.54. The molecule has 0 aliphatic heterocycles. The molecule has 0 radical (unpaired) electrons. The smallest absolute Gasteiger partial charge is 0.301 e. The third kappa shape index (κ3) is 2.11. The van der Waals surface area contributed by atoms with Crippen LogP contribution in [0.25, 0.3) is 0 Å². The molecule has 0 aromatic carbocycles. The number of hydrogen-bond donors (Lipinski definition) is 1. The van der Waals surface area contributed by atoms with E-state index in [0.29, 0.717) is 5.69 Å². The van der Waals surface area contributed by atoms with Crippen molar-refractivity contribution in [3.63, 3.8) is 0 Å². The van der Waals surface area contributed by atoms with Crippen LogP contribution < -0.4 is 5.09 Å². The second-order valence-electron chi connectivity index (χ2n) is 3.52. The molecule has 1 N–H and O–H groups in total. The van der Waals surface area contributed by atoms with Crippen LogP contribution in [-0.2, 0) is 4.57 Å². The van der Waals surface area contributed by atoms with Crippen molar-refractivity contribution in [1.29, 1.82) is 0 Å². The van der Waals surface area contributed by atoms with E-state index < -0.39 is 7.59 Å². The van der Waals surface area contributed by atoms with Gasteiger partial charge in [-0.3, -0.25) is 4.98 Å². The molecule has 0 fully saturated rings. The van der Waals surface area contributed by atoms with Crippen molar-refractivity contribution in [1.82, 2.24) is 34.1 Å². The summed E-state index contributed by atoms with van der Waals surface area (Å²) in [4.78, 5) is 11.5. The minimum absolute atomic E-state index is 0.629. The first-order valence-electron chi connectivity index (χ1n) is 5.28. The van der Waals surface area contributed by atoms with Crippen LogP contribution in [0.3, 0.4) is 0 Å². The van der Waals surface area contributed by atoms with Crippen LogP contribution in [0.2, 0.25) is 0 Å². The van der Waals surface area contributed by atoms with Crippen molar-refractivity contribution >= 4 is 13.3 Å². The molecule has 10 heteroatoms. The van der Waals surface area contributed by atoms with Crippen molar-refractivity contribution in [2.24, 2.45) is 0 Å². The van der Waals surface area contributed by atoms with Gasteiger partial charge in [-0.2, -0.15) is 19.1 Å². The van der Waals surface area contributed by atoms with Gasteiger partial charge in [-0.05, 0) is 12.1 Å². The highest BCUT2D eigenvalue weighted by atomic mass is 31.2. The standard InChI is InChI=1S/C9H9N8OP/c18-19(16-7-11-5-13-16,17-8-12-6-14-17)15-9-1-3-10-4-2-9/h1-8H,(H,10,15,18). The summed E-state index contributed by atoms with van der Waals surface area (Å²) in [5, 5.41) is 10.7. The first-order valence-corrected chi connectivity index (χ1v) is 6.89. The summed E-state index contributed by atoms with van der Waals surface area (Å²) in [7, 11) is -3.34. The predicted molar refractivity (Wildman–Crippen MR) is 66.3 cm³/mol. The minimum atomic E-state index is -3.34. The summed E-state index contributed by atoms with van der Waals surface area (Å²) in [5.41, 5.74) is 0.629. The Bertz CT molecular complexity index is 642. The second kappa shape index (κ2) is 4.62. The Morgan fingerprint density at radius 2 is 1.53 bits per heavy atom. The molecular weight excluding hydrogens is 267 g/mol. The van der Waals surface area contributed by atoms with E-state index >= 15 is 0 Å². The van der Waals surface area contributed by atoms with Gasteiger partial charge in [0.25, 0.3) is 0 Å². The maximum atomic E-state index is 13.1. The number of nitrogens with zero attached hydrogens (tertiary/aromatic N) is 7. The van der Waals surface area contributed by atoms with Crippen molar-refractivity contribution < 1.29 is 4.57 Å². The van der Waals surface area contributed by atoms with E-state index in [1.54, 1.807) is 24.5 Å². The van der Waals surface area contributed by atoms with Crippen molar-refractivity contribution in [3.05, 3.63) is 49.8 Å². The predicted octanol–water partition coefficient (Wildman–Crippen LogP) is 0.881. The Labute approximate surface area is 107 Å². The van der Waals surface area contributed by atoms with Gasteiger partial charge >= 0.3 is 7.59 Å². The molecule has 0 unspecified atom stereocenters. The summed E-state index contributed by atoms with van der Waals surface area (Å²) in [5.74, 6) is 0. The van der Waals surface area contributed by atoms with Gasteiger partial charge in [-0.1, -0.05) is 0 Å². The first-order chi connectivity index (χ1) is 9.29. The Morgan fingerprint density at radius 1 is 0.947 bits per heavy atom. The van der Waals surface area contributed by atoms with E-state index in [1.165, 1.54) is 34.2 Å². The number of hydrogen-bond acceptors (Lipinski definition) is 6. The van der Waals surface area contributed by atoms with Crippen LogP contribution in [0.1, 0.15) is 0 Å². The Balaban J connectivity index is 2.06. The lowest BCUT2D eigenvalue weighted by Gasteiger charge is -2.19. The topological polar surface area (TPSA) is 103 Å². The van der Waals surface area contributed by atoms with Gasteiger partial charge in [0, 0.05) is 18.1 Å². The molecule has 0 aliphatic rings. The zero-order valence-electron chi connectivity index (χ0n) is 9.60. The van der Waals surface area contributed by atoms with Gasteiger partial charge in [0.1, 0.15) is 25.3 Å². The van der Waals surface area contributed by atoms with Gasteiger partial charge in [0.05, 0.1) is 0 Å². The normalized spacial score (nSPS) is 11.4. The van der Waals surface area contributed by atoms with Crippen molar-refractivity contribution in [3.8, 4) is 0 Å². The van der Waals surface area contributed by atoms with Crippen molar-refractivity contribution in [2.45, 2.75) is 0 Å². The van der Waals surface area contributed by atoms with E-state index in [9.17, 15) is 4.57 Å². The fourth-order valence-corrected chi connectivity index (χ4v) is 3.12. The number of anilines is 1. The lowest BCUT2D eigenvalue weighted by atomic mass is 10.4. The molecule has 0 aliphatic carbocycles. The van der Waals surface area contributed by atoms with Gasteiger partial charge in [0.15, 0.2) is 0 Å². The molecule has 9 nitrogen and oxygen atoms in total. The number of pyridine rings is 1. The lowest BCUT2D eigenvalue weighted by Crippen LogP contribution is -2.14. The highest BCUT2D eigenvalue weighted by Crippen LogP contribution is 2.45. The monoisotopic (exact) mass is 276 g/mol. The molecule has 19 heavy (non-hydrogen) atoms. The Morgan fingerprint density at radius 3 is 2.00 bits per heavy atom. The summed E-state index contributed by atoms with van der Waals surface area (Å²) < 4.78 is 15.5. The Kier molecular flexibility index (Phi) is 2.81. The minimum Gasteiger partial charge on any atom is -0.301 e. The van der Waals surface area contributed by atoms with Gasteiger partial charge in [0.2, 0.25) is 0 Å². The SMILES string of the molecule is O=P(Nc1ccncc1)(n1cncn1)n1cncn1. The van der Waals surface area contributed by atoms with E-state index in [-0.39, 0.29) is 0 Å². The number of nitrogens with one attached hydrogen (secondary N) is 1. The molecule has 0 spiro atoms. The fraction of sp³-hybridized carbons (Fsp3) is 0. The van der Waals surface area contributed by atoms with Crippen molar-refractivity contribution in [2.75, 3.05) is 5.09 Å². The number of rotatable bonds is 4. The molecule has 0 saturated carbocycles. The molecule has 0 saturated heterocycles. The fourth-order valence-electron chi connectivity index (χ4n) is 1.47. The van der Waals surface area contributed by atoms with Crippen LogP contribution >= 0.6 is 7.59 Å². The first kappa shape index (κ1) is 11.5. The average molecular weight is 276 g/mol. The largest absolute Gasteiger partial charge is 0.399 e. The van der Waals surface area contributed by atoms with Crippen LogP contribution in [0.4, 0.5) is 5.69 Å². The molecule has 3 rings (SSSR count). The second-order valence-corrected chi connectivity index (χ2v) is 5.65. The molecule has 3 aromatic rings. The lowest BCUT2D eigenvalue weighted by molar-refractivity contribution is 0.553. The van der Waals surface area contributed by atoms with Crippen LogP contribution in [0.5, 0.6) is 0 Å². The van der Waals surface area contributed by atoms with Crippen LogP contribution in [-0.4, -0.2) is 34.1 Å². The number of aromatic nitrogens is 7. The van der Waals surface area contributed by atoms with E-state index in [4.69, 9.17) is 0 Å². The van der Waals surface area contributed by atoms with Crippen LogP contribution in [0.15, 0.2) is 49.8 Å². The maximum Gasteiger partial charge on any atom is 0.399 e. The third-order valence-electron chi connectivity index (χ3n) is 2.32. The summed E-state index contributed by atoms with van der Waals surface area (Å²) >= 11 is 0. The highest BCUT2D eigenvalue weighted by molar-refractivity contribution is 7.62. The molecule has 96 valence electrons. The van der Waals surface area contributed by atoms with E-state index in [0.717, 1.165) is 0 Å². The quantitative estimate of drug-likeness (QED) is 0.705. The molecule has 0 bridgehead atoms. The summed E-state index contributed by atoms with van der Waals surface area (Å²) in [6.07, 6.45) is 8.51. The molecular formula is C9H9N8OP. The molecule has 3 heterocycles. The molecule has 0 amide bonds. The van der Waals surface area contributed by atoms with E-state index in [1.807, 2.05) is 0 Å². The molecule has 0 atom stereocenters. The average Bonchev–Trinajstić information content (AvgIpc) is 3.14. The summed E-state index contributed by atoms with van der Waals surface area (Å²) in [6, 6.07) is 3.39. The van der Waals surface area contributed by atoms with Gasteiger partial charge in [-0.25, -0.2) is 14.5 Å². The summed E-state index contributed by atoms with van der Waals surface area (Å²) in [6.45, 7) is 0. The van der Waals surface area contributed by atoms with Gasteiger partial charge in [-0.15, -0.1) is 0 Å². The zero-order chi connectivity index (χ0) is 13.1. The molecule has 3 aromatic heterocycles. The zero-order valence-corrected chi connectivity index (χ0v) is 10.5.